The van der Waals surface area contributed by atoms with Crippen molar-refractivity contribution in [1.82, 2.24) is 19.7 Å². The lowest BCUT2D eigenvalue weighted by Gasteiger charge is -2.06. The highest BCUT2D eigenvalue weighted by atomic mass is 35.5. The topological polar surface area (TPSA) is 43.6 Å². The van der Waals surface area contributed by atoms with Gasteiger partial charge in [-0.25, -0.2) is 4.98 Å². The van der Waals surface area contributed by atoms with Crippen LogP contribution in [0.1, 0.15) is 5.56 Å². The van der Waals surface area contributed by atoms with E-state index in [1.165, 1.54) is 0 Å². The lowest BCUT2D eigenvalue weighted by molar-refractivity contribution is 0.883. The van der Waals surface area contributed by atoms with E-state index in [0.717, 1.165) is 22.2 Å². The van der Waals surface area contributed by atoms with Crippen molar-refractivity contribution in [3.63, 3.8) is 0 Å². The maximum atomic E-state index is 6.02. The van der Waals surface area contributed by atoms with E-state index in [2.05, 4.69) is 15.2 Å². The Kier molecular flexibility index (Phi) is 4.43. The molecule has 1 aromatic carbocycles. The molecular weight excluding hydrogens is 327 g/mol. The Morgan fingerprint density at radius 2 is 2.05 bits per heavy atom. The van der Waals surface area contributed by atoms with Gasteiger partial charge in [-0.3, -0.25) is 4.57 Å². The molecule has 2 aromatic heterocycles. The molecule has 0 aliphatic carbocycles. The summed E-state index contributed by atoms with van der Waals surface area (Å²) in [6.07, 6.45) is 3.43. The molecule has 0 amide bonds. The van der Waals surface area contributed by atoms with E-state index in [1.54, 1.807) is 30.4 Å². The molecule has 0 aliphatic heterocycles. The number of benzene rings is 1. The van der Waals surface area contributed by atoms with Crippen molar-refractivity contribution < 1.29 is 0 Å². The van der Waals surface area contributed by atoms with E-state index >= 15 is 0 Å². The fourth-order valence-electron chi connectivity index (χ4n) is 1.77. The third kappa shape index (κ3) is 3.56. The second-order valence-corrected chi connectivity index (χ2v) is 6.01. The van der Waals surface area contributed by atoms with Crippen molar-refractivity contribution in [1.29, 1.82) is 0 Å². The van der Waals surface area contributed by atoms with Crippen LogP contribution in [0.15, 0.2) is 54.1 Å². The van der Waals surface area contributed by atoms with E-state index in [0.29, 0.717) is 10.2 Å². The zero-order valence-corrected chi connectivity index (χ0v) is 13.1. The highest BCUT2D eigenvalue weighted by Crippen LogP contribution is 2.24. The van der Waals surface area contributed by atoms with Crippen molar-refractivity contribution in [2.75, 3.05) is 0 Å². The van der Waals surface area contributed by atoms with Gasteiger partial charge >= 0.3 is 0 Å². The molecular formula is C14H10Cl2N4S. The van der Waals surface area contributed by atoms with Crippen LogP contribution in [-0.2, 0) is 5.75 Å². The first-order valence-electron chi connectivity index (χ1n) is 6.11. The number of hydrogen-bond acceptors (Lipinski definition) is 4. The van der Waals surface area contributed by atoms with Crippen LogP contribution >= 0.6 is 35.0 Å². The Balaban J connectivity index is 1.78. The highest BCUT2D eigenvalue weighted by molar-refractivity contribution is 7.98. The molecule has 3 rings (SSSR count). The molecule has 0 fully saturated rings. The predicted molar refractivity (Wildman–Crippen MR) is 85.2 cm³/mol. The summed E-state index contributed by atoms with van der Waals surface area (Å²) in [5.74, 6) is 0.740. The average molecular weight is 337 g/mol. The zero-order valence-electron chi connectivity index (χ0n) is 10.8. The average Bonchev–Trinajstić information content (AvgIpc) is 2.95. The first-order valence-corrected chi connectivity index (χ1v) is 7.86. The van der Waals surface area contributed by atoms with Crippen LogP contribution in [0.25, 0.3) is 5.69 Å². The van der Waals surface area contributed by atoms with Gasteiger partial charge in [-0.1, -0.05) is 47.1 Å². The van der Waals surface area contributed by atoms with Crippen LogP contribution in [-0.4, -0.2) is 19.7 Å². The van der Waals surface area contributed by atoms with E-state index in [1.807, 2.05) is 34.9 Å². The minimum absolute atomic E-state index is 0.492. The summed E-state index contributed by atoms with van der Waals surface area (Å²) in [7, 11) is 0. The zero-order chi connectivity index (χ0) is 14.7. The smallest absolute Gasteiger partial charge is 0.195 e. The van der Waals surface area contributed by atoms with Gasteiger partial charge in [0.05, 0.1) is 5.69 Å². The molecule has 3 aromatic rings. The number of nitrogens with zero attached hydrogens (tertiary/aromatic N) is 4. The number of pyridine rings is 1. The van der Waals surface area contributed by atoms with Crippen molar-refractivity contribution in [3.8, 4) is 5.69 Å². The van der Waals surface area contributed by atoms with Crippen LogP contribution in [0.5, 0.6) is 0 Å². The third-order valence-electron chi connectivity index (χ3n) is 2.76. The standard InChI is InChI=1S/C14H10Cl2N4S/c15-11-2-1-3-12(6-11)20-9-18-19-14(20)21-8-10-4-5-13(16)17-7-10/h1-7,9H,8H2. The maximum Gasteiger partial charge on any atom is 0.195 e. The molecule has 0 N–H and O–H groups in total. The van der Waals surface area contributed by atoms with Gasteiger partial charge in [0, 0.05) is 17.0 Å². The van der Waals surface area contributed by atoms with Crippen LogP contribution < -0.4 is 0 Å². The molecule has 0 unspecified atom stereocenters. The van der Waals surface area contributed by atoms with Gasteiger partial charge in [-0.2, -0.15) is 0 Å². The van der Waals surface area contributed by atoms with E-state index < -0.39 is 0 Å². The monoisotopic (exact) mass is 336 g/mol. The van der Waals surface area contributed by atoms with Gasteiger partial charge in [0.25, 0.3) is 0 Å². The summed E-state index contributed by atoms with van der Waals surface area (Å²) in [5, 5.41) is 10.1. The minimum atomic E-state index is 0.492. The van der Waals surface area contributed by atoms with Crippen LogP contribution in [0.2, 0.25) is 10.2 Å². The summed E-state index contributed by atoms with van der Waals surface area (Å²) in [4.78, 5) is 4.06. The summed E-state index contributed by atoms with van der Waals surface area (Å²) >= 11 is 13.4. The predicted octanol–water partition coefficient (Wildman–Crippen LogP) is 4.26. The summed E-state index contributed by atoms with van der Waals surface area (Å²) in [6, 6.07) is 11.3. The lowest BCUT2D eigenvalue weighted by Crippen LogP contribution is -1.95. The van der Waals surface area contributed by atoms with E-state index in [4.69, 9.17) is 23.2 Å². The van der Waals surface area contributed by atoms with Crippen LogP contribution in [0.4, 0.5) is 0 Å². The first-order chi connectivity index (χ1) is 10.2. The Morgan fingerprint density at radius 3 is 2.81 bits per heavy atom. The number of rotatable bonds is 4. The molecule has 7 heteroatoms. The Labute approximate surface area is 136 Å². The van der Waals surface area contributed by atoms with Crippen LogP contribution in [0, 0.1) is 0 Å². The van der Waals surface area contributed by atoms with Gasteiger partial charge in [-0.05, 0) is 29.8 Å². The maximum absolute atomic E-state index is 6.02. The van der Waals surface area contributed by atoms with Gasteiger partial charge in [0.1, 0.15) is 11.5 Å². The second-order valence-electron chi connectivity index (χ2n) is 4.24. The molecule has 0 atom stereocenters. The summed E-state index contributed by atoms with van der Waals surface area (Å²) in [5.41, 5.74) is 2.01. The highest BCUT2D eigenvalue weighted by Gasteiger charge is 2.08. The Hall–Kier alpha value is -1.56. The molecule has 0 bridgehead atoms. The Morgan fingerprint density at radius 1 is 1.14 bits per heavy atom. The fourth-order valence-corrected chi connectivity index (χ4v) is 2.92. The molecule has 4 nitrogen and oxygen atoms in total. The normalized spacial score (nSPS) is 10.8. The molecule has 0 radical (unpaired) electrons. The number of hydrogen-bond donors (Lipinski definition) is 0. The van der Waals surface area contributed by atoms with Gasteiger partial charge in [0.15, 0.2) is 5.16 Å². The van der Waals surface area contributed by atoms with Gasteiger partial charge in [-0.15, -0.1) is 10.2 Å². The molecule has 0 saturated heterocycles. The van der Waals surface area contributed by atoms with Crippen molar-refractivity contribution in [2.45, 2.75) is 10.9 Å². The van der Waals surface area contributed by atoms with E-state index in [-0.39, 0.29) is 0 Å². The van der Waals surface area contributed by atoms with Crippen molar-refractivity contribution in [3.05, 3.63) is 64.7 Å². The van der Waals surface area contributed by atoms with Gasteiger partial charge < -0.3 is 0 Å². The summed E-state index contributed by atoms with van der Waals surface area (Å²) < 4.78 is 1.90. The number of aromatic nitrogens is 4. The molecule has 106 valence electrons. The number of halogens is 2. The lowest BCUT2D eigenvalue weighted by atomic mass is 10.3. The third-order valence-corrected chi connectivity index (χ3v) is 4.23. The SMILES string of the molecule is Clc1cccc(-n2cnnc2SCc2ccc(Cl)nc2)c1. The first kappa shape index (κ1) is 14.4. The van der Waals surface area contributed by atoms with Crippen LogP contribution in [0.3, 0.4) is 0 Å². The largest absolute Gasteiger partial charge is 0.277 e. The van der Waals surface area contributed by atoms with Crippen molar-refractivity contribution in [2.24, 2.45) is 0 Å². The number of thioether (sulfide) groups is 1. The molecule has 2 heterocycles. The van der Waals surface area contributed by atoms with Crippen molar-refractivity contribution >= 4 is 35.0 Å². The molecule has 21 heavy (non-hydrogen) atoms. The quantitative estimate of drug-likeness (QED) is 0.527. The molecule has 0 aliphatic rings. The molecule has 0 spiro atoms. The van der Waals surface area contributed by atoms with Gasteiger partial charge in [0.2, 0.25) is 0 Å². The Bertz CT molecular complexity index is 743. The summed E-state index contributed by atoms with van der Waals surface area (Å²) in [6.45, 7) is 0. The molecule has 0 saturated carbocycles. The van der Waals surface area contributed by atoms with E-state index in [9.17, 15) is 0 Å². The minimum Gasteiger partial charge on any atom is -0.277 e. The second kappa shape index (κ2) is 6.47. The fraction of sp³-hybridized carbons (Fsp3) is 0.0714.